The highest BCUT2D eigenvalue weighted by Crippen LogP contribution is 2.14. The molecule has 2 aromatic heterocycles. The van der Waals surface area contributed by atoms with Crippen molar-refractivity contribution in [3.05, 3.63) is 51.3 Å². The number of aromatic nitrogens is 1. The van der Waals surface area contributed by atoms with E-state index >= 15 is 0 Å². The van der Waals surface area contributed by atoms with E-state index in [9.17, 15) is 9.59 Å². The highest BCUT2D eigenvalue weighted by molar-refractivity contribution is 6.30. The molecule has 6 heteroatoms. The molecule has 0 fully saturated rings. The van der Waals surface area contributed by atoms with Crippen LogP contribution in [0.5, 0.6) is 0 Å². The highest BCUT2D eigenvalue weighted by Gasteiger charge is 2.12. The SMILES string of the molecule is CCc1ccc(C(=O)Nc2cc(Cl)c(=O)n(C)c2)o1. The van der Waals surface area contributed by atoms with E-state index in [-0.39, 0.29) is 22.2 Å². The molecule has 2 aromatic rings. The molecule has 1 N–H and O–H groups in total. The molecule has 19 heavy (non-hydrogen) atoms. The average molecular weight is 281 g/mol. The van der Waals surface area contributed by atoms with Gasteiger partial charge in [-0.2, -0.15) is 0 Å². The smallest absolute Gasteiger partial charge is 0.291 e. The monoisotopic (exact) mass is 280 g/mol. The predicted octanol–water partition coefficient (Wildman–Crippen LogP) is 2.45. The minimum Gasteiger partial charge on any atom is -0.456 e. The van der Waals surface area contributed by atoms with Gasteiger partial charge in [0, 0.05) is 19.7 Å². The molecule has 0 saturated heterocycles. The first-order valence-corrected chi connectivity index (χ1v) is 6.15. The summed E-state index contributed by atoms with van der Waals surface area (Å²) in [7, 11) is 1.56. The molecule has 100 valence electrons. The Morgan fingerprint density at radius 2 is 2.21 bits per heavy atom. The molecule has 2 rings (SSSR count). The zero-order chi connectivity index (χ0) is 14.0. The molecule has 0 spiro atoms. The second kappa shape index (κ2) is 5.32. The van der Waals surface area contributed by atoms with Gasteiger partial charge in [0.05, 0.1) is 5.69 Å². The molecule has 2 heterocycles. The van der Waals surface area contributed by atoms with Gasteiger partial charge in [-0.15, -0.1) is 0 Å². The molecule has 0 atom stereocenters. The second-order valence-electron chi connectivity index (χ2n) is 4.07. The molecule has 0 aromatic carbocycles. The Bertz CT molecular complexity index is 647. The van der Waals surface area contributed by atoms with E-state index in [2.05, 4.69) is 5.32 Å². The normalized spacial score (nSPS) is 10.5. The lowest BCUT2D eigenvalue weighted by atomic mass is 10.3. The summed E-state index contributed by atoms with van der Waals surface area (Å²) >= 11 is 5.77. The van der Waals surface area contributed by atoms with Crippen LogP contribution >= 0.6 is 11.6 Å². The third-order valence-electron chi connectivity index (χ3n) is 2.63. The van der Waals surface area contributed by atoms with Crippen molar-refractivity contribution in [1.29, 1.82) is 0 Å². The van der Waals surface area contributed by atoms with Crippen molar-refractivity contribution in [1.82, 2.24) is 4.57 Å². The average Bonchev–Trinajstić information content (AvgIpc) is 2.84. The van der Waals surface area contributed by atoms with E-state index in [1.54, 1.807) is 19.2 Å². The second-order valence-corrected chi connectivity index (χ2v) is 4.47. The molecular formula is C13H13ClN2O3. The molecule has 0 radical (unpaired) electrons. The van der Waals surface area contributed by atoms with Crippen LogP contribution < -0.4 is 10.9 Å². The van der Waals surface area contributed by atoms with Crippen molar-refractivity contribution in [2.45, 2.75) is 13.3 Å². The zero-order valence-electron chi connectivity index (χ0n) is 10.6. The number of hydrogen-bond acceptors (Lipinski definition) is 3. The van der Waals surface area contributed by atoms with Crippen LogP contribution in [0.4, 0.5) is 5.69 Å². The van der Waals surface area contributed by atoms with Crippen LogP contribution in [-0.4, -0.2) is 10.5 Å². The highest BCUT2D eigenvalue weighted by atomic mass is 35.5. The number of rotatable bonds is 3. The summed E-state index contributed by atoms with van der Waals surface area (Å²) in [4.78, 5) is 23.3. The number of pyridine rings is 1. The third kappa shape index (κ3) is 2.88. The Morgan fingerprint density at radius 3 is 2.79 bits per heavy atom. The maximum absolute atomic E-state index is 11.9. The van der Waals surface area contributed by atoms with Crippen LogP contribution in [0.2, 0.25) is 5.02 Å². The van der Waals surface area contributed by atoms with Gasteiger partial charge in [-0.25, -0.2) is 0 Å². The fraction of sp³-hybridized carbons (Fsp3) is 0.231. The molecule has 0 unspecified atom stereocenters. The minimum absolute atomic E-state index is 0.0500. The molecule has 1 amide bonds. The third-order valence-corrected chi connectivity index (χ3v) is 2.90. The number of hydrogen-bond donors (Lipinski definition) is 1. The van der Waals surface area contributed by atoms with Gasteiger partial charge < -0.3 is 14.3 Å². The Morgan fingerprint density at radius 1 is 1.47 bits per heavy atom. The molecular weight excluding hydrogens is 268 g/mol. The largest absolute Gasteiger partial charge is 0.456 e. The fourth-order valence-corrected chi connectivity index (χ4v) is 1.87. The number of halogens is 1. The fourth-order valence-electron chi connectivity index (χ4n) is 1.62. The number of carbonyl (C=O) groups is 1. The van der Waals surface area contributed by atoms with Gasteiger partial charge in [0.1, 0.15) is 10.8 Å². The first kappa shape index (κ1) is 13.4. The summed E-state index contributed by atoms with van der Waals surface area (Å²) in [6, 6.07) is 4.77. The number of amides is 1. The van der Waals surface area contributed by atoms with E-state index in [4.69, 9.17) is 16.0 Å². The molecule has 0 aliphatic rings. The van der Waals surface area contributed by atoms with Crippen molar-refractivity contribution in [2.75, 3.05) is 5.32 Å². The number of nitrogens with one attached hydrogen (secondary N) is 1. The van der Waals surface area contributed by atoms with Crippen molar-refractivity contribution in [3.63, 3.8) is 0 Å². The van der Waals surface area contributed by atoms with Gasteiger partial charge in [-0.3, -0.25) is 9.59 Å². The summed E-state index contributed by atoms with van der Waals surface area (Å²) in [6.07, 6.45) is 2.22. The first-order chi connectivity index (χ1) is 9.01. The number of anilines is 1. The maximum atomic E-state index is 11.9. The van der Waals surface area contributed by atoms with Crippen molar-refractivity contribution in [3.8, 4) is 0 Å². The van der Waals surface area contributed by atoms with E-state index in [0.29, 0.717) is 5.69 Å². The number of aryl methyl sites for hydroxylation is 2. The molecule has 0 aliphatic heterocycles. The number of nitrogens with zero attached hydrogens (tertiary/aromatic N) is 1. The molecule has 0 saturated carbocycles. The summed E-state index contributed by atoms with van der Waals surface area (Å²) in [5.74, 6) is 0.583. The zero-order valence-corrected chi connectivity index (χ0v) is 11.3. The summed E-state index contributed by atoms with van der Waals surface area (Å²) < 4.78 is 6.64. The van der Waals surface area contributed by atoms with Gasteiger partial charge >= 0.3 is 0 Å². The van der Waals surface area contributed by atoms with Crippen LogP contribution in [0, 0.1) is 0 Å². The summed E-state index contributed by atoms with van der Waals surface area (Å²) in [6.45, 7) is 1.94. The summed E-state index contributed by atoms with van der Waals surface area (Å²) in [5, 5.41) is 2.68. The number of furan rings is 1. The van der Waals surface area contributed by atoms with E-state index in [1.807, 2.05) is 6.92 Å². The Kier molecular flexibility index (Phi) is 3.76. The van der Waals surface area contributed by atoms with Crippen LogP contribution in [0.1, 0.15) is 23.2 Å². The van der Waals surface area contributed by atoms with Crippen molar-refractivity contribution >= 4 is 23.2 Å². The Labute approximate surface area is 114 Å². The van der Waals surface area contributed by atoms with Gasteiger partial charge in [-0.05, 0) is 18.2 Å². The van der Waals surface area contributed by atoms with Gasteiger partial charge in [0.25, 0.3) is 11.5 Å². The van der Waals surface area contributed by atoms with Gasteiger partial charge in [0.2, 0.25) is 0 Å². The summed E-state index contributed by atoms with van der Waals surface area (Å²) in [5.41, 5.74) is 0.123. The number of carbonyl (C=O) groups excluding carboxylic acids is 1. The van der Waals surface area contributed by atoms with Crippen LogP contribution in [0.15, 0.2) is 33.6 Å². The Balaban J connectivity index is 2.21. The standard InChI is InChI=1S/C13H13ClN2O3/c1-3-9-4-5-11(19-9)12(17)15-8-6-10(14)13(18)16(2)7-8/h4-7H,3H2,1-2H3,(H,15,17). The Hall–Kier alpha value is -2.01. The van der Waals surface area contributed by atoms with Crippen LogP contribution in [-0.2, 0) is 13.5 Å². The lowest BCUT2D eigenvalue weighted by Crippen LogP contribution is -2.19. The first-order valence-electron chi connectivity index (χ1n) is 5.77. The van der Waals surface area contributed by atoms with Crippen LogP contribution in [0.3, 0.4) is 0 Å². The lowest BCUT2D eigenvalue weighted by molar-refractivity contribution is 0.0995. The minimum atomic E-state index is -0.380. The molecule has 0 aliphatic carbocycles. The van der Waals surface area contributed by atoms with Gasteiger partial charge in [0.15, 0.2) is 5.76 Å². The van der Waals surface area contributed by atoms with Gasteiger partial charge in [-0.1, -0.05) is 18.5 Å². The van der Waals surface area contributed by atoms with Crippen molar-refractivity contribution < 1.29 is 9.21 Å². The lowest BCUT2D eigenvalue weighted by Gasteiger charge is -2.06. The van der Waals surface area contributed by atoms with E-state index < -0.39 is 0 Å². The molecule has 5 nitrogen and oxygen atoms in total. The maximum Gasteiger partial charge on any atom is 0.291 e. The van der Waals surface area contributed by atoms with E-state index in [0.717, 1.165) is 12.2 Å². The predicted molar refractivity (Wildman–Crippen MR) is 72.7 cm³/mol. The molecule has 0 bridgehead atoms. The van der Waals surface area contributed by atoms with E-state index in [1.165, 1.54) is 16.8 Å². The van der Waals surface area contributed by atoms with Crippen LogP contribution in [0.25, 0.3) is 0 Å². The topological polar surface area (TPSA) is 64.2 Å². The van der Waals surface area contributed by atoms with Crippen molar-refractivity contribution in [2.24, 2.45) is 7.05 Å². The quantitative estimate of drug-likeness (QED) is 0.939.